The summed E-state index contributed by atoms with van der Waals surface area (Å²) in [5.74, 6) is 0.601. The molecule has 0 heterocycles. The van der Waals surface area contributed by atoms with Crippen molar-refractivity contribution in [2.24, 2.45) is 0 Å². The highest BCUT2D eigenvalue weighted by molar-refractivity contribution is 5.76. The van der Waals surface area contributed by atoms with Crippen LogP contribution in [0.1, 0.15) is 54.9 Å². The van der Waals surface area contributed by atoms with Gasteiger partial charge >= 0.3 is 0 Å². The number of rotatable bonds is 3. The molecule has 110 valence electrons. The van der Waals surface area contributed by atoms with Gasteiger partial charge in [-0.2, -0.15) is 0 Å². The lowest BCUT2D eigenvalue weighted by Gasteiger charge is -2.16. The molecule has 1 atom stereocenters. The number of hydrogen-bond donors (Lipinski definition) is 0. The van der Waals surface area contributed by atoms with Crippen molar-refractivity contribution in [3.63, 3.8) is 0 Å². The predicted octanol–water partition coefficient (Wildman–Crippen LogP) is 6.00. The molecule has 1 unspecified atom stereocenters. The SMILES string of the molecule is CC1=Cc2ccccc2C1CCC1=C(C)Cc2ccccc21. The van der Waals surface area contributed by atoms with E-state index >= 15 is 0 Å². The van der Waals surface area contributed by atoms with Crippen LogP contribution in [0.15, 0.2) is 59.7 Å². The molecule has 0 nitrogen and oxygen atoms in total. The fourth-order valence-electron chi connectivity index (χ4n) is 4.16. The van der Waals surface area contributed by atoms with Crippen molar-refractivity contribution < 1.29 is 0 Å². The molecule has 2 aromatic carbocycles. The van der Waals surface area contributed by atoms with Crippen molar-refractivity contribution in [2.75, 3.05) is 0 Å². The third-order valence-corrected chi connectivity index (χ3v) is 5.30. The maximum atomic E-state index is 2.36. The highest BCUT2D eigenvalue weighted by atomic mass is 14.3. The van der Waals surface area contributed by atoms with Crippen molar-refractivity contribution in [1.82, 2.24) is 0 Å². The van der Waals surface area contributed by atoms with E-state index in [4.69, 9.17) is 0 Å². The standard InChI is InChI=1S/C22H22/c1-15-13-17-7-3-5-9-21(17)19(15)11-12-20-16(2)14-18-8-4-6-10-22(18)20/h3-10,13,19H,11-12,14H2,1-2H3. The molecular formula is C22H22. The first-order valence-electron chi connectivity index (χ1n) is 8.28. The van der Waals surface area contributed by atoms with Crippen molar-refractivity contribution in [2.45, 2.75) is 39.0 Å². The molecule has 22 heavy (non-hydrogen) atoms. The van der Waals surface area contributed by atoms with E-state index in [9.17, 15) is 0 Å². The van der Waals surface area contributed by atoms with Gasteiger partial charge in [0.05, 0.1) is 0 Å². The maximum absolute atomic E-state index is 2.36. The Hall–Kier alpha value is -2.08. The zero-order chi connectivity index (χ0) is 15.1. The highest BCUT2D eigenvalue weighted by Crippen LogP contribution is 2.42. The minimum Gasteiger partial charge on any atom is -0.0652 e. The summed E-state index contributed by atoms with van der Waals surface area (Å²) in [5, 5.41) is 0. The van der Waals surface area contributed by atoms with Crippen LogP contribution in [0.3, 0.4) is 0 Å². The molecule has 0 heteroatoms. The van der Waals surface area contributed by atoms with Crippen LogP contribution in [-0.4, -0.2) is 0 Å². The van der Waals surface area contributed by atoms with Gasteiger partial charge in [0.2, 0.25) is 0 Å². The fraction of sp³-hybridized carbons (Fsp3) is 0.273. The molecule has 4 rings (SSSR count). The van der Waals surface area contributed by atoms with Crippen molar-refractivity contribution in [3.05, 3.63) is 81.9 Å². The minimum atomic E-state index is 0.601. The minimum absolute atomic E-state index is 0.601. The lowest BCUT2D eigenvalue weighted by atomic mass is 9.88. The molecule has 0 saturated carbocycles. The lowest BCUT2D eigenvalue weighted by Crippen LogP contribution is -1.98. The van der Waals surface area contributed by atoms with Crippen LogP contribution in [0.5, 0.6) is 0 Å². The molecule has 0 saturated heterocycles. The third kappa shape index (κ3) is 2.14. The van der Waals surface area contributed by atoms with Crippen LogP contribution < -0.4 is 0 Å². The van der Waals surface area contributed by atoms with E-state index in [0.29, 0.717) is 5.92 Å². The summed E-state index contributed by atoms with van der Waals surface area (Å²) >= 11 is 0. The van der Waals surface area contributed by atoms with Gasteiger partial charge in [0.15, 0.2) is 0 Å². The lowest BCUT2D eigenvalue weighted by molar-refractivity contribution is 0.733. The van der Waals surface area contributed by atoms with E-state index in [2.05, 4.69) is 68.5 Å². The normalized spacial score (nSPS) is 19.2. The Kier molecular flexibility index (Phi) is 3.26. The largest absolute Gasteiger partial charge is 0.0652 e. The van der Waals surface area contributed by atoms with Crippen LogP contribution in [-0.2, 0) is 6.42 Å². The van der Waals surface area contributed by atoms with Gasteiger partial charge < -0.3 is 0 Å². The molecule has 0 N–H and O–H groups in total. The Labute approximate surface area is 133 Å². The summed E-state index contributed by atoms with van der Waals surface area (Å²) in [4.78, 5) is 0. The van der Waals surface area contributed by atoms with Crippen LogP contribution in [0.2, 0.25) is 0 Å². The van der Waals surface area contributed by atoms with Gasteiger partial charge in [-0.05, 0) is 60.9 Å². The molecule has 2 aliphatic rings. The molecular weight excluding hydrogens is 264 g/mol. The molecule has 0 bridgehead atoms. The van der Waals surface area contributed by atoms with Gasteiger partial charge in [-0.3, -0.25) is 0 Å². The Morgan fingerprint density at radius 2 is 1.73 bits per heavy atom. The van der Waals surface area contributed by atoms with Crippen LogP contribution in [0.4, 0.5) is 0 Å². The Balaban J connectivity index is 1.57. The number of allylic oxidation sites excluding steroid dienone is 3. The molecule has 2 aliphatic carbocycles. The van der Waals surface area contributed by atoms with Crippen molar-refractivity contribution in [1.29, 1.82) is 0 Å². The van der Waals surface area contributed by atoms with E-state index in [1.165, 1.54) is 40.7 Å². The Bertz CT molecular complexity index is 789. The monoisotopic (exact) mass is 286 g/mol. The van der Waals surface area contributed by atoms with E-state index in [1.54, 1.807) is 11.1 Å². The summed E-state index contributed by atoms with van der Waals surface area (Å²) in [5.41, 5.74) is 10.6. The first-order chi connectivity index (χ1) is 10.7. The Morgan fingerprint density at radius 3 is 2.64 bits per heavy atom. The summed E-state index contributed by atoms with van der Waals surface area (Å²) in [6.45, 7) is 4.59. The zero-order valence-electron chi connectivity index (χ0n) is 13.4. The van der Waals surface area contributed by atoms with Crippen molar-refractivity contribution in [3.8, 4) is 0 Å². The second-order valence-corrected chi connectivity index (χ2v) is 6.70. The van der Waals surface area contributed by atoms with Gasteiger partial charge in [0.1, 0.15) is 0 Å². The average molecular weight is 286 g/mol. The molecule has 0 aliphatic heterocycles. The molecule has 0 fully saturated rings. The van der Waals surface area contributed by atoms with Gasteiger partial charge in [-0.15, -0.1) is 0 Å². The fourth-order valence-corrected chi connectivity index (χ4v) is 4.16. The molecule has 0 radical (unpaired) electrons. The number of hydrogen-bond acceptors (Lipinski definition) is 0. The third-order valence-electron chi connectivity index (χ3n) is 5.30. The summed E-state index contributed by atoms with van der Waals surface area (Å²) in [6.07, 6.45) is 5.92. The van der Waals surface area contributed by atoms with Gasteiger partial charge in [-0.25, -0.2) is 0 Å². The van der Waals surface area contributed by atoms with Gasteiger partial charge in [-0.1, -0.05) is 65.8 Å². The van der Waals surface area contributed by atoms with Gasteiger partial charge in [0, 0.05) is 5.92 Å². The second-order valence-electron chi connectivity index (χ2n) is 6.70. The smallest absolute Gasteiger partial charge is 0.00578 e. The predicted molar refractivity (Wildman–Crippen MR) is 94.8 cm³/mol. The van der Waals surface area contributed by atoms with E-state index in [1.807, 2.05) is 0 Å². The molecule has 0 spiro atoms. The molecule has 2 aromatic rings. The quantitative estimate of drug-likeness (QED) is 0.649. The molecule has 0 amide bonds. The molecule has 0 aromatic heterocycles. The zero-order valence-corrected chi connectivity index (χ0v) is 13.4. The number of benzene rings is 2. The van der Waals surface area contributed by atoms with E-state index in [0.717, 1.165) is 6.42 Å². The summed E-state index contributed by atoms with van der Waals surface area (Å²) in [6, 6.07) is 17.8. The average Bonchev–Trinajstić information content (AvgIpc) is 3.01. The van der Waals surface area contributed by atoms with E-state index < -0.39 is 0 Å². The summed E-state index contributed by atoms with van der Waals surface area (Å²) < 4.78 is 0. The summed E-state index contributed by atoms with van der Waals surface area (Å²) in [7, 11) is 0. The second kappa shape index (κ2) is 5.28. The van der Waals surface area contributed by atoms with E-state index in [-0.39, 0.29) is 0 Å². The van der Waals surface area contributed by atoms with Gasteiger partial charge in [0.25, 0.3) is 0 Å². The van der Waals surface area contributed by atoms with Crippen LogP contribution >= 0.6 is 0 Å². The van der Waals surface area contributed by atoms with Crippen LogP contribution in [0, 0.1) is 0 Å². The Morgan fingerprint density at radius 1 is 0.955 bits per heavy atom. The van der Waals surface area contributed by atoms with Crippen molar-refractivity contribution >= 4 is 11.6 Å². The highest BCUT2D eigenvalue weighted by Gasteiger charge is 2.24. The topological polar surface area (TPSA) is 0 Å². The maximum Gasteiger partial charge on any atom is 0.00578 e. The number of fused-ring (bicyclic) bond motifs is 2. The first-order valence-corrected chi connectivity index (χ1v) is 8.28. The first kappa shape index (κ1) is 13.6. The van der Waals surface area contributed by atoms with Crippen LogP contribution in [0.25, 0.3) is 11.6 Å².